The van der Waals surface area contributed by atoms with Crippen LogP contribution in [0.1, 0.15) is 32.3 Å². The molecule has 0 amide bonds. The Hall–Kier alpha value is -0.470. The number of hydrogen-bond donors (Lipinski definition) is 1. The molecule has 1 nitrogen and oxygen atoms in total. The van der Waals surface area contributed by atoms with Crippen LogP contribution in [0.25, 0.3) is 0 Å². The van der Waals surface area contributed by atoms with E-state index in [4.69, 9.17) is 0 Å². The van der Waals surface area contributed by atoms with Crippen molar-refractivity contribution in [1.82, 2.24) is 0 Å². The van der Waals surface area contributed by atoms with Crippen LogP contribution in [0.3, 0.4) is 0 Å². The van der Waals surface area contributed by atoms with Crippen LogP contribution in [-0.4, -0.2) is 17.0 Å². The first-order valence-electron chi connectivity index (χ1n) is 6.00. The predicted molar refractivity (Wildman–Crippen MR) is 72.0 cm³/mol. The van der Waals surface area contributed by atoms with Crippen molar-refractivity contribution in [1.29, 1.82) is 0 Å². The van der Waals surface area contributed by atoms with Crippen LogP contribution in [0, 0.1) is 12.8 Å². The number of hydrogen-bond acceptors (Lipinski definition) is 2. The highest BCUT2D eigenvalue weighted by Gasteiger charge is 2.09. The lowest BCUT2D eigenvalue weighted by molar-refractivity contribution is 0.167. The molecule has 0 radical (unpaired) electrons. The first kappa shape index (κ1) is 13.6. The molecule has 0 bridgehead atoms. The second-order valence-corrected chi connectivity index (χ2v) is 5.54. The zero-order valence-electron chi connectivity index (χ0n) is 10.4. The molecular weight excluding hydrogens is 216 g/mol. The fraction of sp³-hybridized carbons (Fsp3) is 0.571. The van der Waals surface area contributed by atoms with Gasteiger partial charge in [-0.1, -0.05) is 38.5 Å². The van der Waals surface area contributed by atoms with E-state index in [2.05, 4.69) is 45.0 Å². The molecule has 1 aromatic carbocycles. The molecule has 90 valence electrons. The van der Waals surface area contributed by atoms with Crippen molar-refractivity contribution in [2.45, 2.75) is 44.6 Å². The molecule has 0 aliphatic heterocycles. The van der Waals surface area contributed by atoms with E-state index in [9.17, 15) is 5.11 Å². The quantitative estimate of drug-likeness (QED) is 0.759. The van der Waals surface area contributed by atoms with Gasteiger partial charge in [0.25, 0.3) is 0 Å². The van der Waals surface area contributed by atoms with E-state index in [1.54, 1.807) is 11.8 Å². The number of aryl methyl sites for hydroxylation is 1. The molecule has 0 saturated heterocycles. The standard InChI is InChI=1S/C14H22OS/c1-4-11(2)9-13(15)10-16-14-8-6-5-7-12(14)3/h5-8,11,13,15H,4,9-10H2,1-3H3. The Balaban J connectivity index is 2.37. The third-order valence-corrected chi connectivity index (χ3v) is 4.22. The minimum Gasteiger partial charge on any atom is -0.392 e. The number of benzene rings is 1. The molecule has 1 rings (SSSR count). The third kappa shape index (κ3) is 4.58. The summed E-state index contributed by atoms with van der Waals surface area (Å²) in [5.74, 6) is 1.42. The van der Waals surface area contributed by atoms with Gasteiger partial charge in [0.05, 0.1) is 6.10 Å². The minimum atomic E-state index is -0.181. The zero-order chi connectivity index (χ0) is 12.0. The Morgan fingerprint density at radius 2 is 2.00 bits per heavy atom. The molecule has 1 aromatic rings. The van der Waals surface area contributed by atoms with Gasteiger partial charge in [-0.05, 0) is 30.9 Å². The summed E-state index contributed by atoms with van der Waals surface area (Å²) in [4.78, 5) is 1.28. The van der Waals surface area contributed by atoms with Crippen LogP contribution in [0.5, 0.6) is 0 Å². The Morgan fingerprint density at radius 3 is 2.62 bits per heavy atom. The largest absolute Gasteiger partial charge is 0.392 e. The van der Waals surface area contributed by atoms with Crippen molar-refractivity contribution in [3.05, 3.63) is 29.8 Å². The van der Waals surface area contributed by atoms with E-state index >= 15 is 0 Å². The fourth-order valence-corrected chi connectivity index (χ4v) is 2.58. The molecule has 0 aromatic heterocycles. The molecule has 0 aliphatic carbocycles. The van der Waals surface area contributed by atoms with Crippen LogP contribution in [0.4, 0.5) is 0 Å². The lowest BCUT2D eigenvalue weighted by Crippen LogP contribution is -2.14. The lowest BCUT2D eigenvalue weighted by Gasteiger charge is -2.15. The summed E-state index contributed by atoms with van der Waals surface area (Å²) in [6.07, 6.45) is 1.88. The number of rotatable bonds is 6. The van der Waals surface area contributed by atoms with Gasteiger partial charge in [-0.2, -0.15) is 0 Å². The highest BCUT2D eigenvalue weighted by atomic mass is 32.2. The maximum Gasteiger partial charge on any atom is 0.0636 e. The fourth-order valence-electron chi connectivity index (χ4n) is 1.60. The molecular formula is C14H22OS. The molecule has 0 aliphatic rings. The highest BCUT2D eigenvalue weighted by Crippen LogP contribution is 2.24. The molecule has 2 unspecified atom stereocenters. The average Bonchev–Trinajstić information content (AvgIpc) is 2.28. The van der Waals surface area contributed by atoms with Gasteiger partial charge in [-0.3, -0.25) is 0 Å². The minimum absolute atomic E-state index is 0.181. The molecule has 2 atom stereocenters. The molecule has 0 fully saturated rings. The van der Waals surface area contributed by atoms with Gasteiger partial charge in [0.2, 0.25) is 0 Å². The van der Waals surface area contributed by atoms with Gasteiger partial charge in [-0.25, -0.2) is 0 Å². The van der Waals surface area contributed by atoms with E-state index < -0.39 is 0 Å². The van der Waals surface area contributed by atoms with Gasteiger partial charge in [0.1, 0.15) is 0 Å². The summed E-state index contributed by atoms with van der Waals surface area (Å²) in [6, 6.07) is 8.34. The van der Waals surface area contributed by atoms with Crippen LogP contribution in [-0.2, 0) is 0 Å². The zero-order valence-corrected chi connectivity index (χ0v) is 11.3. The van der Waals surface area contributed by atoms with Crippen LogP contribution in [0.15, 0.2) is 29.2 Å². The first-order valence-corrected chi connectivity index (χ1v) is 6.98. The van der Waals surface area contributed by atoms with Gasteiger partial charge in [0.15, 0.2) is 0 Å². The number of thioether (sulfide) groups is 1. The highest BCUT2D eigenvalue weighted by molar-refractivity contribution is 7.99. The molecule has 1 N–H and O–H groups in total. The Bertz CT molecular complexity index is 311. The van der Waals surface area contributed by atoms with Crippen molar-refractivity contribution in [3.63, 3.8) is 0 Å². The summed E-state index contributed by atoms with van der Waals surface area (Å²) in [6.45, 7) is 6.48. The van der Waals surface area contributed by atoms with E-state index in [1.165, 1.54) is 10.5 Å². The van der Waals surface area contributed by atoms with Gasteiger partial charge >= 0.3 is 0 Å². The first-order chi connectivity index (χ1) is 7.63. The molecule has 0 spiro atoms. The average molecular weight is 238 g/mol. The van der Waals surface area contributed by atoms with Crippen LogP contribution in [0.2, 0.25) is 0 Å². The summed E-state index contributed by atoms with van der Waals surface area (Å²) in [5.41, 5.74) is 1.29. The van der Waals surface area contributed by atoms with Crippen molar-refractivity contribution in [2.24, 2.45) is 5.92 Å². The van der Waals surface area contributed by atoms with Crippen molar-refractivity contribution >= 4 is 11.8 Å². The molecule has 0 heterocycles. The summed E-state index contributed by atoms with van der Waals surface area (Å²) in [7, 11) is 0. The summed E-state index contributed by atoms with van der Waals surface area (Å²) >= 11 is 1.76. The Morgan fingerprint density at radius 1 is 1.31 bits per heavy atom. The maximum absolute atomic E-state index is 9.88. The topological polar surface area (TPSA) is 20.2 Å². The van der Waals surface area contributed by atoms with E-state index in [0.29, 0.717) is 5.92 Å². The van der Waals surface area contributed by atoms with Gasteiger partial charge in [0, 0.05) is 10.6 Å². The van der Waals surface area contributed by atoms with Crippen LogP contribution >= 0.6 is 11.8 Å². The predicted octanol–water partition coefficient (Wildman–Crippen LogP) is 3.88. The van der Waals surface area contributed by atoms with E-state index in [0.717, 1.165) is 18.6 Å². The van der Waals surface area contributed by atoms with Gasteiger partial charge < -0.3 is 5.11 Å². The third-order valence-electron chi connectivity index (χ3n) is 2.90. The second-order valence-electron chi connectivity index (χ2n) is 4.48. The monoisotopic (exact) mass is 238 g/mol. The summed E-state index contributed by atoms with van der Waals surface area (Å²) < 4.78 is 0. The number of aliphatic hydroxyl groups is 1. The molecule has 2 heteroatoms. The van der Waals surface area contributed by atoms with E-state index in [-0.39, 0.29) is 6.10 Å². The smallest absolute Gasteiger partial charge is 0.0636 e. The van der Waals surface area contributed by atoms with Crippen molar-refractivity contribution < 1.29 is 5.11 Å². The molecule has 16 heavy (non-hydrogen) atoms. The molecule has 0 saturated carbocycles. The Kier molecular flexibility index (Phi) is 5.93. The van der Waals surface area contributed by atoms with Crippen molar-refractivity contribution in [2.75, 3.05) is 5.75 Å². The Labute approximate surface area is 103 Å². The van der Waals surface area contributed by atoms with Crippen molar-refractivity contribution in [3.8, 4) is 0 Å². The second kappa shape index (κ2) is 6.97. The normalized spacial score (nSPS) is 14.8. The number of aliphatic hydroxyl groups excluding tert-OH is 1. The summed E-state index contributed by atoms with van der Waals surface area (Å²) in [5, 5.41) is 9.88. The van der Waals surface area contributed by atoms with Crippen LogP contribution < -0.4 is 0 Å². The van der Waals surface area contributed by atoms with E-state index in [1.807, 2.05) is 0 Å². The SMILES string of the molecule is CCC(C)CC(O)CSc1ccccc1C. The van der Waals surface area contributed by atoms with Gasteiger partial charge in [-0.15, -0.1) is 11.8 Å². The maximum atomic E-state index is 9.88. The lowest BCUT2D eigenvalue weighted by atomic mass is 10.0.